The van der Waals surface area contributed by atoms with Crippen molar-refractivity contribution in [2.75, 3.05) is 13.2 Å². The number of ether oxygens (including phenoxy) is 5. The van der Waals surface area contributed by atoms with Crippen LogP contribution >= 0.6 is 0 Å². The third-order valence-corrected chi connectivity index (χ3v) is 20.2. The van der Waals surface area contributed by atoms with Crippen molar-refractivity contribution in [3.8, 4) is 0 Å². The van der Waals surface area contributed by atoms with Gasteiger partial charge in [0.15, 0.2) is 6.29 Å². The van der Waals surface area contributed by atoms with Gasteiger partial charge in [-0.25, -0.2) is 0 Å². The molecule has 6 nitrogen and oxygen atoms in total. The first-order valence-electron chi connectivity index (χ1n) is 25.5. The van der Waals surface area contributed by atoms with E-state index < -0.39 is 30.7 Å². The van der Waals surface area contributed by atoms with Crippen LogP contribution in [0.25, 0.3) is 0 Å². The Balaban J connectivity index is 0.00000576. The van der Waals surface area contributed by atoms with Gasteiger partial charge in [-0.15, -0.1) is 0 Å². The van der Waals surface area contributed by atoms with Crippen molar-refractivity contribution in [3.63, 3.8) is 0 Å². The van der Waals surface area contributed by atoms with Crippen LogP contribution in [-0.4, -0.2) is 49.0 Å². The van der Waals surface area contributed by atoms with Crippen molar-refractivity contribution < 1.29 is 28.8 Å². The molecule has 15 atom stereocenters. The minimum Gasteiger partial charge on any atom is -0.385 e. The van der Waals surface area contributed by atoms with Crippen LogP contribution in [0.2, 0.25) is 0 Å². The smallest absolute Gasteiger partial charge is 0.186 e. The molecule has 3 aromatic carbocycles. The van der Waals surface area contributed by atoms with Crippen LogP contribution in [0.3, 0.4) is 0 Å². The largest absolute Gasteiger partial charge is 0.385 e. The Bertz CT molecular complexity index is 1990. The highest BCUT2D eigenvalue weighted by Gasteiger charge is 2.71. The zero-order valence-electron chi connectivity index (χ0n) is 40.7. The van der Waals surface area contributed by atoms with Gasteiger partial charge in [0, 0.05) is 0 Å². The van der Waals surface area contributed by atoms with Crippen LogP contribution in [0.4, 0.5) is 0 Å². The van der Waals surface area contributed by atoms with Crippen molar-refractivity contribution in [1.82, 2.24) is 0 Å². The standard InChI is InChI=1S/C58H82O6.CH4/c1-40-44(24-25-46-55(40,5)27-26-47-56(46,6)31-33-58(8)48-34-53(2,3)28-29-54(48,4)30-32-57(47,58)7)38-63-52-49(59)51(62-37-43-22-16-11-17-23-43)50(61-36-42-20-14-10-15-21-42)45(64-52)39-60-35-41-18-12-9-13-19-41;/h9-23,40,44-52,59H,24-39H2,1-8H3;1H4/t40?,44?,45?,46?,47?,48?,49?,50?,51?,52?,54?,55?,56?,57?,58-;/m0./s1. The van der Waals surface area contributed by atoms with Gasteiger partial charge in [0.2, 0.25) is 0 Å². The van der Waals surface area contributed by atoms with Gasteiger partial charge in [-0.3, -0.25) is 0 Å². The van der Waals surface area contributed by atoms with E-state index in [-0.39, 0.29) is 19.4 Å². The fourth-order valence-electron chi connectivity index (χ4n) is 15.9. The Morgan fingerprint density at radius 3 is 1.74 bits per heavy atom. The molecule has 0 bridgehead atoms. The van der Waals surface area contributed by atoms with E-state index in [0.717, 1.165) is 34.9 Å². The molecule has 9 rings (SSSR count). The van der Waals surface area contributed by atoms with E-state index in [1.165, 1.54) is 64.2 Å². The molecule has 0 radical (unpaired) electrons. The van der Waals surface area contributed by atoms with Gasteiger partial charge in [0.1, 0.15) is 24.4 Å². The summed E-state index contributed by atoms with van der Waals surface area (Å²) in [4.78, 5) is 0. The van der Waals surface area contributed by atoms with E-state index in [9.17, 15) is 5.11 Å². The zero-order valence-corrected chi connectivity index (χ0v) is 40.7. The van der Waals surface area contributed by atoms with Crippen LogP contribution in [-0.2, 0) is 43.5 Å². The molecule has 0 aromatic heterocycles. The predicted molar refractivity (Wildman–Crippen MR) is 262 cm³/mol. The Hall–Kier alpha value is -2.58. The maximum Gasteiger partial charge on any atom is 0.186 e. The van der Waals surface area contributed by atoms with Gasteiger partial charge in [-0.05, 0) is 149 Å². The molecule has 65 heavy (non-hydrogen) atoms. The summed E-state index contributed by atoms with van der Waals surface area (Å²) < 4.78 is 33.4. The quantitative estimate of drug-likeness (QED) is 0.184. The molecule has 1 N–H and O–H groups in total. The maximum atomic E-state index is 12.3. The first-order chi connectivity index (χ1) is 30.6. The number of aliphatic hydroxyl groups excluding tert-OH is 1. The molecule has 5 aliphatic carbocycles. The summed E-state index contributed by atoms with van der Waals surface area (Å²) in [5, 5.41) is 12.3. The van der Waals surface area contributed by atoms with Crippen LogP contribution < -0.4 is 0 Å². The molecule has 1 heterocycles. The Morgan fingerprint density at radius 2 is 1.11 bits per heavy atom. The summed E-state index contributed by atoms with van der Waals surface area (Å²) >= 11 is 0. The predicted octanol–water partition coefficient (Wildman–Crippen LogP) is 13.6. The van der Waals surface area contributed by atoms with Crippen LogP contribution in [0, 0.1) is 62.1 Å². The average molecular weight is 891 g/mol. The van der Waals surface area contributed by atoms with Crippen molar-refractivity contribution in [1.29, 1.82) is 0 Å². The molecule has 6 fully saturated rings. The Kier molecular flexibility index (Phi) is 14.3. The molecule has 0 amide bonds. The van der Waals surface area contributed by atoms with E-state index in [1.807, 2.05) is 54.6 Å². The van der Waals surface area contributed by atoms with E-state index in [4.69, 9.17) is 23.7 Å². The number of aliphatic hydroxyl groups is 1. The minimum atomic E-state index is -1.05. The van der Waals surface area contributed by atoms with Crippen molar-refractivity contribution in [2.24, 2.45) is 62.1 Å². The van der Waals surface area contributed by atoms with Gasteiger partial charge in [0.05, 0.1) is 33.0 Å². The van der Waals surface area contributed by atoms with Gasteiger partial charge >= 0.3 is 0 Å². The lowest BCUT2D eigenvalue weighted by Gasteiger charge is -2.75. The molecule has 6 heteroatoms. The summed E-state index contributed by atoms with van der Waals surface area (Å²) in [5.41, 5.74) is 5.54. The monoisotopic (exact) mass is 891 g/mol. The molecule has 1 aliphatic heterocycles. The lowest BCUT2D eigenvalue weighted by molar-refractivity contribution is -0.323. The maximum absolute atomic E-state index is 12.3. The second-order valence-electron chi connectivity index (χ2n) is 24.1. The summed E-state index contributed by atoms with van der Waals surface area (Å²) in [7, 11) is 0. The third kappa shape index (κ3) is 9.09. The molecular formula is C59H86O6. The minimum absolute atomic E-state index is 0. The Labute approximate surface area is 394 Å². The zero-order chi connectivity index (χ0) is 45.0. The number of benzene rings is 3. The molecule has 3 aromatic rings. The SMILES string of the molecule is C.CC1C(COC2OC(COCc3ccccc3)C(OCc3ccccc3)C(OCc3ccccc3)C2O)CCC2C1(C)CCC1C2(C)CC[C@@]2(C)C3CC(C)(C)CCC3(C)CCC12C. The topological polar surface area (TPSA) is 66.4 Å². The summed E-state index contributed by atoms with van der Waals surface area (Å²) in [6, 6.07) is 30.6. The lowest BCUT2D eigenvalue weighted by atomic mass is 9.30. The number of rotatable bonds is 13. The highest BCUT2D eigenvalue weighted by molar-refractivity contribution is 5.20. The van der Waals surface area contributed by atoms with Crippen LogP contribution in [0.15, 0.2) is 91.0 Å². The van der Waals surface area contributed by atoms with E-state index in [1.54, 1.807) is 0 Å². The second-order valence-corrected chi connectivity index (χ2v) is 24.1. The molecule has 14 unspecified atom stereocenters. The fraction of sp³-hybridized carbons (Fsp3) is 0.695. The van der Waals surface area contributed by atoms with Gasteiger partial charge in [-0.2, -0.15) is 0 Å². The van der Waals surface area contributed by atoms with Crippen molar-refractivity contribution in [3.05, 3.63) is 108 Å². The van der Waals surface area contributed by atoms with Gasteiger partial charge in [0.25, 0.3) is 0 Å². The second kappa shape index (κ2) is 19.1. The highest BCUT2D eigenvalue weighted by Crippen LogP contribution is 2.78. The van der Waals surface area contributed by atoms with Crippen molar-refractivity contribution >= 4 is 0 Å². The summed E-state index contributed by atoms with van der Waals surface area (Å²) in [6.07, 6.45) is 11.1. The van der Waals surface area contributed by atoms with Crippen molar-refractivity contribution in [2.45, 2.75) is 184 Å². The summed E-state index contributed by atoms with van der Waals surface area (Å²) in [6.45, 7) is 23.3. The molecule has 0 spiro atoms. The van der Waals surface area contributed by atoms with Crippen LogP contribution in [0.1, 0.15) is 150 Å². The molecule has 6 aliphatic rings. The first kappa shape index (κ1) is 48.9. The molecular weight excluding hydrogens is 805 g/mol. The van der Waals surface area contributed by atoms with E-state index >= 15 is 0 Å². The fourth-order valence-corrected chi connectivity index (χ4v) is 15.9. The van der Waals surface area contributed by atoms with E-state index in [2.05, 4.69) is 91.8 Å². The Morgan fingerprint density at radius 1 is 0.554 bits per heavy atom. The number of fused-ring (bicyclic) bond motifs is 7. The van der Waals surface area contributed by atoms with Gasteiger partial charge in [-0.1, -0.05) is 154 Å². The normalized spacial score (nSPS) is 42.0. The average Bonchev–Trinajstić information content (AvgIpc) is 3.29. The molecule has 5 saturated carbocycles. The van der Waals surface area contributed by atoms with E-state index in [0.29, 0.717) is 71.3 Å². The van der Waals surface area contributed by atoms with Crippen LogP contribution in [0.5, 0.6) is 0 Å². The highest BCUT2D eigenvalue weighted by atomic mass is 16.7. The summed E-state index contributed by atoms with van der Waals surface area (Å²) in [5.74, 6) is 3.20. The number of hydrogen-bond acceptors (Lipinski definition) is 6. The third-order valence-electron chi connectivity index (χ3n) is 20.2. The molecule has 358 valence electrons. The molecule has 1 saturated heterocycles. The lowest BCUT2D eigenvalue weighted by Crippen LogP contribution is -2.67. The number of hydrogen-bond donors (Lipinski definition) is 1. The first-order valence-corrected chi connectivity index (χ1v) is 25.5. The van der Waals surface area contributed by atoms with Gasteiger partial charge < -0.3 is 28.8 Å².